The topological polar surface area (TPSA) is 83.0 Å². The summed E-state index contributed by atoms with van der Waals surface area (Å²) in [6, 6.07) is 3.99. The number of nitrogens with one attached hydrogen (secondary N) is 2. The molecule has 25 heavy (non-hydrogen) atoms. The van der Waals surface area contributed by atoms with Gasteiger partial charge in [0.2, 0.25) is 5.95 Å². The van der Waals surface area contributed by atoms with Crippen molar-refractivity contribution in [3.63, 3.8) is 0 Å². The van der Waals surface area contributed by atoms with Crippen molar-refractivity contribution in [3.05, 3.63) is 41.3 Å². The van der Waals surface area contributed by atoms with Crippen molar-refractivity contribution in [2.45, 2.75) is 32.7 Å². The van der Waals surface area contributed by atoms with E-state index in [2.05, 4.69) is 25.5 Å². The highest BCUT2D eigenvalue weighted by Crippen LogP contribution is 2.23. The standard InChI is InChI=1S/C18H24N6O/c1-12(2)22-16-14(17(25)19-3)11-13-5-9-24(10-6-15(13)23-16)18-20-7-4-8-21-18/h4,7-8,11-12H,5-6,9-10H2,1-3H3,(H,19,25)(H,22,23). The van der Waals surface area contributed by atoms with E-state index in [1.54, 1.807) is 19.4 Å². The van der Waals surface area contributed by atoms with E-state index in [0.29, 0.717) is 11.4 Å². The average Bonchev–Trinajstić information content (AvgIpc) is 2.83. The van der Waals surface area contributed by atoms with E-state index < -0.39 is 0 Å². The Bertz CT molecular complexity index is 747. The Morgan fingerprint density at radius 2 is 1.92 bits per heavy atom. The van der Waals surface area contributed by atoms with Gasteiger partial charge in [0.1, 0.15) is 5.82 Å². The van der Waals surface area contributed by atoms with Crippen LogP contribution in [0.15, 0.2) is 24.5 Å². The lowest BCUT2D eigenvalue weighted by atomic mass is 10.0. The first kappa shape index (κ1) is 17.1. The van der Waals surface area contributed by atoms with Crippen LogP contribution >= 0.6 is 0 Å². The van der Waals surface area contributed by atoms with E-state index in [9.17, 15) is 4.79 Å². The molecule has 0 saturated carbocycles. The third-order valence-electron chi connectivity index (χ3n) is 4.19. The molecule has 0 atom stereocenters. The summed E-state index contributed by atoms with van der Waals surface area (Å²) in [7, 11) is 1.64. The predicted octanol–water partition coefficient (Wildman–Crippen LogP) is 1.66. The van der Waals surface area contributed by atoms with E-state index in [4.69, 9.17) is 4.98 Å². The third-order valence-corrected chi connectivity index (χ3v) is 4.19. The molecule has 0 aromatic carbocycles. The first-order valence-corrected chi connectivity index (χ1v) is 8.62. The number of pyridine rings is 1. The number of nitrogens with zero attached hydrogens (tertiary/aromatic N) is 4. The molecule has 2 aromatic heterocycles. The SMILES string of the molecule is CNC(=O)c1cc2c(nc1NC(C)C)CCN(c1ncccn1)CC2. The fourth-order valence-electron chi connectivity index (χ4n) is 2.98. The van der Waals surface area contributed by atoms with Gasteiger partial charge in [0.05, 0.1) is 5.56 Å². The molecule has 3 heterocycles. The Labute approximate surface area is 147 Å². The average molecular weight is 340 g/mol. The number of amides is 1. The van der Waals surface area contributed by atoms with Gasteiger partial charge in [0.25, 0.3) is 5.91 Å². The number of carbonyl (C=O) groups excluding carboxylic acids is 1. The van der Waals surface area contributed by atoms with Crippen LogP contribution in [0.4, 0.5) is 11.8 Å². The van der Waals surface area contributed by atoms with Gasteiger partial charge in [-0.25, -0.2) is 15.0 Å². The van der Waals surface area contributed by atoms with E-state index in [1.165, 1.54) is 0 Å². The van der Waals surface area contributed by atoms with Crippen LogP contribution in [0.3, 0.4) is 0 Å². The lowest BCUT2D eigenvalue weighted by molar-refractivity contribution is 0.0963. The van der Waals surface area contributed by atoms with Crippen LogP contribution in [-0.2, 0) is 12.8 Å². The van der Waals surface area contributed by atoms with Gasteiger partial charge < -0.3 is 15.5 Å². The molecule has 3 rings (SSSR count). The first-order valence-electron chi connectivity index (χ1n) is 8.62. The van der Waals surface area contributed by atoms with Crippen molar-refractivity contribution in [1.29, 1.82) is 0 Å². The number of aromatic nitrogens is 3. The normalized spacial score (nSPS) is 14.0. The molecule has 0 fully saturated rings. The monoisotopic (exact) mass is 340 g/mol. The molecule has 2 aromatic rings. The van der Waals surface area contributed by atoms with Crippen molar-refractivity contribution in [2.75, 3.05) is 30.4 Å². The minimum atomic E-state index is -0.119. The van der Waals surface area contributed by atoms with Crippen LogP contribution < -0.4 is 15.5 Å². The van der Waals surface area contributed by atoms with E-state index in [1.807, 2.05) is 26.0 Å². The summed E-state index contributed by atoms with van der Waals surface area (Å²) in [6.45, 7) is 5.69. The minimum Gasteiger partial charge on any atom is -0.367 e. The summed E-state index contributed by atoms with van der Waals surface area (Å²) in [5.41, 5.74) is 2.75. The van der Waals surface area contributed by atoms with Crippen LogP contribution in [0.5, 0.6) is 0 Å². The van der Waals surface area contributed by atoms with Gasteiger partial charge in [-0.2, -0.15) is 0 Å². The Hall–Kier alpha value is -2.70. The van der Waals surface area contributed by atoms with E-state index >= 15 is 0 Å². The second-order valence-electron chi connectivity index (χ2n) is 6.40. The molecule has 1 amide bonds. The van der Waals surface area contributed by atoms with Crippen LogP contribution in [0.25, 0.3) is 0 Å². The van der Waals surface area contributed by atoms with Gasteiger partial charge in [-0.05, 0) is 38.0 Å². The Balaban J connectivity index is 1.90. The van der Waals surface area contributed by atoms with Crippen LogP contribution in [0.2, 0.25) is 0 Å². The summed E-state index contributed by atoms with van der Waals surface area (Å²) >= 11 is 0. The molecule has 0 unspecified atom stereocenters. The summed E-state index contributed by atoms with van der Waals surface area (Å²) in [6.07, 6.45) is 5.13. The molecular weight excluding hydrogens is 316 g/mol. The maximum Gasteiger partial charge on any atom is 0.254 e. The number of carbonyl (C=O) groups is 1. The second-order valence-corrected chi connectivity index (χ2v) is 6.40. The van der Waals surface area contributed by atoms with Crippen LogP contribution in [0, 0.1) is 0 Å². The molecule has 0 aliphatic carbocycles. The highest BCUT2D eigenvalue weighted by atomic mass is 16.1. The first-order chi connectivity index (χ1) is 12.1. The largest absolute Gasteiger partial charge is 0.367 e. The summed E-state index contributed by atoms with van der Waals surface area (Å²) in [4.78, 5) is 27.9. The molecule has 7 nitrogen and oxygen atoms in total. The van der Waals surface area contributed by atoms with Crippen molar-refractivity contribution >= 4 is 17.7 Å². The highest BCUT2D eigenvalue weighted by molar-refractivity contribution is 5.98. The lowest BCUT2D eigenvalue weighted by Gasteiger charge is -2.19. The van der Waals surface area contributed by atoms with Crippen LogP contribution in [-0.4, -0.2) is 47.0 Å². The molecule has 2 N–H and O–H groups in total. The summed E-state index contributed by atoms with van der Waals surface area (Å²) in [5.74, 6) is 1.27. The number of fused-ring (bicyclic) bond motifs is 1. The number of hydrogen-bond acceptors (Lipinski definition) is 6. The smallest absolute Gasteiger partial charge is 0.254 e. The van der Waals surface area contributed by atoms with Crippen molar-refractivity contribution in [2.24, 2.45) is 0 Å². The Kier molecular flexibility index (Phi) is 5.11. The summed E-state index contributed by atoms with van der Waals surface area (Å²) < 4.78 is 0. The molecule has 0 bridgehead atoms. The van der Waals surface area contributed by atoms with Gasteiger partial charge in [-0.3, -0.25) is 4.79 Å². The fourth-order valence-corrected chi connectivity index (χ4v) is 2.98. The van der Waals surface area contributed by atoms with Crippen LogP contribution in [0.1, 0.15) is 35.5 Å². The molecule has 0 spiro atoms. The number of anilines is 2. The maximum atomic E-state index is 12.3. The van der Waals surface area contributed by atoms with Crippen molar-refractivity contribution < 1.29 is 4.79 Å². The lowest BCUT2D eigenvalue weighted by Crippen LogP contribution is -2.27. The molecule has 132 valence electrons. The molecule has 1 aliphatic heterocycles. The number of hydrogen-bond donors (Lipinski definition) is 2. The highest BCUT2D eigenvalue weighted by Gasteiger charge is 2.21. The summed E-state index contributed by atoms with van der Waals surface area (Å²) in [5, 5.41) is 5.99. The van der Waals surface area contributed by atoms with Crippen molar-refractivity contribution in [1.82, 2.24) is 20.3 Å². The van der Waals surface area contributed by atoms with Crippen molar-refractivity contribution in [3.8, 4) is 0 Å². The third kappa shape index (κ3) is 3.87. The van der Waals surface area contributed by atoms with Gasteiger partial charge in [0, 0.05) is 50.7 Å². The van der Waals surface area contributed by atoms with Gasteiger partial charge in [-0.15, -0.1) is 0 Å². The van der Waals surface area contributed by atoms with E-state index in [-0.39, 0.29) is 11.9 Å². The molecule has 0 radical (unpaired) electrons. The Morgan fingerprint density at radius 3 is 2.60 bits per heavy atom. The van der Waals surface area contributed by atoms with Gasteiger partial charge >= 0.3 is 0 Å². The fraction of sp³-hybridized carbons (Fsp3) is 0.444. The zero-order valence-electron chi connectivity index (χ0n) is 14.9. The molecule has 0 saturated heterocycles. The molecule has 1 aliphatic rings. The Morgan fingerprint density at radius 1 is 1.20 bits per heavy atom. The quantitative estimate of drug-likeness (QED) is 0.881. The van der Waals surface area contributed by atoms with Gasteiger partial charge in [0.15, 0.2) is 0 Å². The predicted molar refractivity (Wildman–Crippen MR) is 98.0 cm³/mol. The zero-order chi connectivity index (χ0) is 17.8. The molecule has 7 heteroatoms. The zero-order valence-corrected chi connectivity index (χ0v) is 14.9. The molecular formula is C18H24N6O. The van der Waals surface area contributed by atoms with E-state index in [0.717, 1.165) is 43.1 Å². The number of rotatable bonds is 4. The second kappa shape index (κ2) is 7.46. The maximum absolute atomic E-state index is 12.3. The van der Waals surface area contributed by atoms with Gasteiger partial charge in [-0.1, -0.05) is 0 Å². The minimum absolute atomic E-state index is 0.119.